The smallest absolute Gasteiger partial charge is 0.284 e. The molecule has 0 saturated heterocycles. The lowest BCUT2D eigenvalue weighted by Crippen LogP contribution is -2.25. The van der Waals surface area contributed by atoms with E-state index in [9.17, 15) is 23.2 Å². The zero-order chi connectivity index (χ0) is 28.3. The van der Waals surface area contributed by atoms with Crippen molar-refractivity contribution in [1.82, 2.24) is 14.3 Å². The molecular formula is C28H27F2N5O4. The summed E-state index contributed by atoms with van der Waals surface area (Å²) < 4.78 is 38.1. The Balaban J connectivity index is 1.55. The fourth-order valence-electron chi connectivity index (χ4n) is 3.82. The molecule has 11 heteroatoms. The quantitative estimate of drug-likeness (QED) is 0.323. The zero-order valence-corrected chi connectivity index (χ0v) is 21.8. The molecule has 9 nitrogen and oxygen atoms in total. The monoisotopic (exact) mass is 535 g/mol. The van der Waals surface area contributed by atoms with E-state index in [1.165, 1.54) is 27.7 Å². The highest BCUT2D eigenvalue weighted by molar-refractivity contribution is 6.05. The molecule has 4 aromatic rings. The van der Waals surface area contributed by atoms with Gasteiger partial charge in [-0.25, -0.2) is 18.4 Å². The number of pyridine rings is 1. The Morgan fingerprint density at radius 1 is 1.05 bits per heavy atom. The average molecular weight is 536 g/mol. The number of carbonyl (C=O) groups is 2. The molecule has 39 heavy (non-hydrogen) atoms. The molecule has 0 bridgehead atoms. The topological polar surface area (TPSA) is 107 Å². The van der Waals surface area contributed by atoms with E-state index in [0.717, 1.165) is 12.1 Å². The molecule has 2 amide bonds. The molecule has 2 aromatic heterocycles. The van der Waals surface area contributed by atoms with Crippen LogP contribution in [0.4, 0.5) is 20.3 Å². The summed E-state index contributed by atoms with van der Waals surface area (Å²) in [5.41, 5.74) is -0.380. The third-order valence-electron chi connectivity index (χ3n) is 6.32. The average Bonchev–Trinajstić information content (AvgIpc) is 3.14. The van der Waals surface area contributed by atoms with Gasteiger partial charge in [0.2, 0.25) is 5.91 Å². The van der Waals surface area contributed by atoms with Gasteiger partial charge >= 0.3 is 0 Å². The van der Waals surface area contributed by atoms with Gasteiger partial charge in [0.25, 0.3) is 11.5 Å². The van der Waals surface area contributed by atoms with Crippen LogP contribution >= 0.6 is 0 Å². The van der Waals surface area contributed by atoms with Gasteiger partial charge in [-0.1, -0.05) is 32.0 Å². The number of benzene rings is 2. The van der Waals surface area contributed by atoms with E-state index in [2.05, 4.69) is 15.6 Å². The third kappa shape index (κ3) is 5.71. The van der Waals surface area contributed by atoms with Gasteiger partial charge in [0.15, 0.2) is 17.4 Å². The van der Waals surface area contributed by atoms with E-state index in [1.807, 2.05) is 6.92 Å². The first-order valence-corrected chi connectivity index (χ1v) is 12.2. The molecule has 2 heterocycles. The molecule has 1 unspecified atom stereocenters. The number of aromatic nitrogens is 3. The van der Waals surface area contributed by atoms with Gasteiger partial charge in [0.1, 0.15) is 17.1 Å². The highest BCUT2D eigenvalue weighted by atomic mass is 19.1. The minimum absolute atomic E-state index is 0.112. The number of hydrogen-bond acceptors (Lipinski definition) is 5. The molecule has 1 atom stereocenters. The number of para-hydroxylation sites is 1. The van der Waals surface area contributed by atoms with Crippen molar-refractivity contribution >= 4 is 23.3 Å². The van der Waals surface area contributed by atoms with Crippen LogP contribution in [0.25, 0.3) is 5.69 Å². The first-order chi connectivity index (χ1) is 18.6. The zero-order valence-electron chi connectivity index (χ0n) is 21.8. The molecule has 0 aliphatic rings. The number of anilines is 2. The molecule has 0 fully saturated rings. The summed E-state index contributed by atoms with van der Waals surface area (Å²) in [5.74, 6) is -3.42. The lowest BCUT2D eigenvalue weighted by molar-refractivity contribution is -0.119. The molecule has 0 aliphatic carbocycles. The van der Waals surface area contributed by atoms with E-state index < -0.39 is 34.5 Å². The highest BCUT2D eigenvalue weighted by Gasteiger charge is 2.24. The molecule has 0 aliphatic heterocycles. The second-order valence-corrected chi connectivity index (χ2v) is 8.93. The Labute approximate surface area is 223 Å². The van der Waals surface area contributed by atoms with Crippen LogP contribution in [-0.4, -0.2) is 26.2 Å². The largest absolute Gasteiger partial charge is 0.454 e. The van der Waals surface area contributed by atoms with E-state index in [0.29, 0.717) is 17.8 Å². The molecule has 202 valence electrons. The van der Waals surface area contributed by atoms with Crippen molar-refractivity contribution in [3.05, 3.63) is 94.0 Å². The number of nitrogens with zero attached hydrogens (tertiary/aromatic N) is 3. The van der Waals surface area contributed by atoms with Crippen LogP contribution in [0.2, 0.25) is 0 Å². The van der Waals surface area contributed by atoms with E-state index in [-0.39, 0.29) is 29.0 Å². The number of halogens is 2. The molecule has 0 saturated carbocycles. The summed E-state index contributed by atoms with van der Waals surface area (Å²) in [7, 11) is 1.62. The molecule has 0 radical (unpaired) electrons. The van der Waals surface area contributed by atoms with E-state index in [1.54, 1.807) is 51.2 Å². The third-order valence-corrected chi connectivity index (χ3v) is 6.32. The van der Waals surface area contributed by atoms with Crippen molar-refractivity contribution in [2.75, 3.05) is 10.6 Å². The minimum atomic E-state index is -0.976. The first-order valence-electron chi connectivity index (χ1n) is 12.2. The van der Waals surface area contributed by atoms with Gasteiger partial charge in [0, 0.05) is 37.4 Å². The first kappa shape index (κ1) is 27.2. The van der Waals surface area contributed by atoms with Crippen LogP contribution in [0.15, 0.2) is 65.6 Å². The molecule has 2 aromatic carbocycles. The van der Waals surface area contributed by atoms with Crippen LogP contribution in [0, 0.1) is 24.5 Å². The summed E-state index contributed by atoms with van der Waals surface area (Å²) in [5, 5.41) is 4.93. The van der Waals surface area contributed by atoms with Crippen molar-refractivity contribution < 1.29 is 23.1 Å². The summed E-state index contributed by atoms with van der Waals surface area (Å²) >= 11 is 0. The second kappa shape index (κ2) is 11.3. The number of nitrogens with one attached hydrogen (secondary N) is 2. The van der Waals surface area contributed by atoms with Crippen LogP contribution in [0.3, 0.4) is 0 Å². The van der Waals surface area contributed by atoms with Gasteiger partial charge in [-0.15, -0.1) is 0 Å². The fraction of sp³-hybridized carbons (Fsp3) is 0.214. The maximum atomic E-state index is 14.9. The van der Waals surface area contributed by atoms with Gasteiger partial charge < -0.3 is 15.4 Å². The van der Waals surface area contributed by atoms with Crippen molar-refractivity contribution in [3.63, 3.8) is 0 Å². The second-order valence-electron chi connectivity index (χ2n) is 8.93. The Bertz CT molecular complexity index is 1600. The fourth-order valence-corrected chi connectivity index (χ4v) is 3.82. The van der Waals surface area contributed by atoms with Gasteiger partial charge in [0.05, 0.1) is 17.1 Å². The number of hydrogen-bond donors (Lipinski definition) is 2. The van der Waals surface area contributed by atoms with Crippen molar-refractivity contribution in [2.24, 2.45) is 13.0 Å². The molecule has 4 rings (SSSR count). The molecular weight excluding hydrogens is 508 g/mol. The predicted molar refractivity (Wildman–Crippen MR) is 142 cm³/mol. The van der Waals surface area contributed by atoms with Crippen molar-refractivity contribution in [2.45, 2.75) is 27.2 Å². The van der Waals surface area contributed by atoms with E-state index in [4.69, 9.17) is 4.74 Å². The summed E-state index contributed by atoms with van der Waals surface area (Å²) in [6.07, 6.45) is 2.00. The molecule has 0 spiro atoms. The van der Waals surface area contributed by atoms with Crippen molar-refractivity contribution in [1.29, 1.82) is 0 Å². The van der Waals surface area contributed by atoms with Crippen LogP contribution in [0.1, 0.15) is 36.3 Å². The number of amides is 2. The molecule has 2 N–H and O–H groups in total. The summed E-state index contributed by atoms with van der Waals surface area (Å²) in [4.78, 5) is 42.2. The number of rotatable bonds is 8. The Hall–Kier alpha value is -4.80. The minimum Gasteiger partial charge on any atom is -0.454 e. The number of carbonyl (C=O) groups excluding carboxylic acids is 2. The summed E-state index contributed by atoms with van der Waals surface area (Å²) in [6, 6.07) is 13.1. The van der Waals surface area contributed by atoms with Crippen molar-refractivity contribution in [3.8, 4) is 17.2 Å². The van der Waals surface area contributed by atoms with Gasteiger partial charge in [-0.2, -0.15) is 0 Å². The Kier molecular flexibility index (Phi) is 7.89. The van der Waals surface area contributed by atoms with Gasteiger partial charge in [-0.05, 0) is 31.5 Å². The lowest BCUT2D eigenvalue weighted by Gasteiger charge is -2.12. The lowest BCUT2D eigenvalue weighted by atomic mass is 10.1. The Morgan fingerprint density at radius 2 is 1.77 bits per heavy atom. The predicted octanol–water partition coefficient (Wildman–Crippen LogP) is 5.19. The van der Waals surface area contributed by atoms with Crippen LogP contribution in [0.5, 0.6) is 11.5 Å². The van der Waals surface area contributed by atoms with E-state index >= 15 is 0 Å². The highest BCUT2D eigenvalue weighted by Crippen LogP contribution is 2.30. The normalized spacial score (nSPS) is 11.6. The standard InChI is InChI=1S/C28H27F2N5O4/c1-5-16(2)26(36)33-24-13-19(11-12-31-24)39-23-15-20(29)22(14-21(23)30)32-27(37)25-17(3)34(4)35(28(25)38)18-9-7-6-8-10-18/h6-16H,5H2,1-4H3,(H,32,37)(H,31,33,36). The number of ether oxygens (including phenoxy) is 1. The Morgan fingerprint density at radius 3 is 2.46 bits per heavy atom. The maximum Gasteiger partial charge on any atom is 0.284 e. The summed E-state index contributed by atoms with van der Waals surface area (Å²) in [6.45, 7) is 5.23. The maximum absolute atomic E-state index is 14.9. The van der Waals surface area contributed by atoms with Crippen LogP contribution < -0.4 is 20.9 Å². The van der Waals surface area contributed by atoms with Gasteiger partial charge in [-0.3, -0.25) is 19.1 Å². The van der Waals surface area contributed by atoms with Crippen LogP contribution in [-0.2, 0) is 11.8 Å². The SMILES string of the molecule is CCC(C)C(=O)Nc1cc(Oc2cc(F)c(NC(=O)c3c(C)n(C)n(-c4ccccc4)c3=O)cc2F)ccn1.